The standard InChI is InChI=1S/C12H15NO3/c14-11-5-8(6-11)7-13-10-3-1-9(2-4-10)12(15)16/h1-4,8,11,13-14H,5-7H2,(H,15,16). The van der Waals surface area contributed by atoms with E-state index in [1.807, 2.05) is 0 Å². The first-order chi connectivity index (χ1) is 7.65. The Hall–Kier alpha value is -1.55. The highest BCUT2D eigenvalue weighted by atomic mass is 16.4. The first-order valence-corrected chi connectivity index (χ1v) is 5.40. The fourth-order valence-corrected chi connectivity index (χ4v) is 1.86. The number of carboxylic acids is 1. The predicted molar refractivity (Wildman–Crippen MR) is 60.6 cm³/mol. The molecule has 1 fully saturated rings. The van der Waals surface area contributed by atoms with Gasteiger partial charge in [-0.15, -0.1) is 0 Å². The maximum atomic E-state index is 10.6. The Labute approximate surface area is 93.9 Å². The van der Waals surface area contributed by atoms with Gasteiger partial charge in [0.15, 0.2) is 0 Å². The molecule has 1 saturated carbocycles. The van der Waals surface area contributed by atoms with Crippen molar-refractivity contribution < 1.29 is 15.0 Å². The van der Waals surface area contributed by atoms with Gasteiger partial charge >= 0.3 is 5.97 Å². The largest absolute Gasteiger partial charge is 0.478 e. The molecule has 86 valence electrons. The van der Waals surface area contributed by atoms with E-state index in [1.54, 1.807) is 24.3 Å². The van der Waals surface area contributed by atoms with Gasteiger partial charge in [-0.05, 0) is 43.0 Å². The first kappa shape index (κ1) is 11.0. The van der Waals surface area contributed by atoms with Crippen LogP contribution in [-0.4, -0.2) is 28.8 Å². The zero-order valence-electron chi connectivity index (χ0n) is 8.89. The van der Waals surface area contributed by atoms with Crippen molar-refractivity contribution in [3.8, 4) is 0 Å². The predicted octanol–water partition coefficient (Wildman–Crippen LogP) is 1.57. The second-order valence-corrected chi connectivity index (χ2v) is 4.25. The molecule has 16 heavy (non-hydrogen) atoms. The average Bonchev–Trinajstić information content (AvgIpc) is 2.23. The highest BCUT2D eigenvalue weighted by molar-refractivity contribution is 5.87. The van der Waals surface area contributed by atoms with Crippen LogP contribution in [0.2, 0.25) is 0 Å². The Balaban J connectivity index is 1.83. The SMILES string of the molecule is O=C(O)c1ccc(NCC2CC(O)C2)cc1. The fraction of sp³-hybridized carbons (Fsp3) is 0.417. The Morgan fingerprint density at radius 3 is 2.44 bits per heavy atom. The third-order valence-electron chi connectivity index (χ3n) is 2.94. The summed E-state index contributed by atoms with van der Waals surface area (Å²) in [5.41, 5.74) is 1.22. The summed E-state index contributed by atoms with van der Waals surface area (Å²) in [5, 5.41) is 21.1. The maximum Gasteiger partial charge on any atom is 0.335 e. The molecule has 0 amide bonds. The van der Waals surface area contributed by atoms with Crippen molar-refractivity contribution in [2.24, 2.45) is 5.92 Å². The summed E-state index contributed by atoms with van der Waals surface area (Å²) >= 11 is 0. The van der Waals surface area contributed by atoms with Crippen molar-refractivity contribution in [1.29, 1.82) is 0 Å². The van der Waals surface area contributed by atoms with Gasteiger partial charge in [0.1, 0.15) is 0 Å². The molecule has 0 radical (unpaired) electrons. The molecule has 0 bridgehead atoms. The number of aliphatic hydroxyl groups is 1. The van der Waals surface area contributed by atoms with Crippen LogP contribution in [0.4, 0.5) is 5.69 Å². The van der Waals surface area contributed by atoms with E-state index in [4.69, 9.17) is 10.2 Å². The summed E-state index contributed by atoms with van der Waals surface area (Å²) in [6.45, 7) is 0.837. The van der Waals surface area contributed by atoms with Crippen LogP contribution in [0, 0.1) is 5.92 Å². The number of nitrogens with one attached hydrogen (secondary N) is 1. The summed E-state index contributed by atoms with van der Waals surface area (Å²) in [6, 6.07) is 6.69. The monoisotopic (exact) mass is 221 g/mol. The van der Waals surface area contributed by atoms with Gasteiger partial charge in [-0.1, -0.05) is 0 Å². The normalized spacial score (nSPS) is 23.6. The molecule has 0 aromatic heterocycles. The molecule has 1 aliphatic rings. The van der Waals surface area contributed by atoms with E-state index in [2.05, 4.69) is 5.32 Å². The van der Waals surface area contributed by atoms with E-state index >= 15 is 0 Å². The third kappa shape index (κ3) is 2.52. The molecule has 0 aliphatic heterocycles. The van der Waals surface area contributed by atoms with Crippen molar-refractivity contribution in [2.45, 2.75) is 18.9 Å². The third-order valence-corrected chi connectivity index (χ3v) is 2.94. The van der Waals surface area contributed by atoms with Gasteiger partial charge in [-0.25, -0.2) is 4.79 Å². The quantitative estimate of drug-likeness (QED) is 0.721. The van der Waals surface area contributed by atoms with E-state index < -0.39 is 5.97 Å². The van der Waals surface area contributed by atoms with Gasteiger partial charge in [0.2, 0.25) is 0 Å². The average molecular weight is 221 g/mol. The molecule has 2 rings (SSSR count). The molecule has 0 unspecified atom stereocenters. The summed E-state index contributed by atoms with van der Waals surface area (Å²) in [6.07, 6.45) is 1.60. The lowest BCUT2D eigenvalue weighted by atomic mass is 9.82. The van der Waals surface area contributed by atoms with Crippen LogP contribution < -0.4 is 5.32 Å². The van der Waals surface area contributed by atoms with Crippen LogP contribution in [0.5, 0.6) is 0 Å². The van der Waals surface area contributed by atoms with Crippen molar-refractivity contribution in [3.63, 3.8) is 0 Å². The summed E-state index contributed by atoms with van der Waals surface area (Å²) in [5.74, 6) is -0.372. The molecule has 4 heteroatoms. The minimum absolute atomic E-state index is 0.124. The van der Waals surface area contributed by atoms with Gasteiger partial charge in [0, 0.05) is 12.2 Å². The van der Waals surface area contributed by atoms with Crippen LogP contribution in [0.15, 0.2) is 24.3 Å². The highest BCUT2D eigenvalue weighted by Crippen LogP contribution is 2.27. The van der Waals surface area contributed by atoms with Gasteiger partial charge in [0.25, 0.3) is 0 Å². The minimum atomic E-state index is -0.909. The molecule has 0 saturated heterocycles. The Bertz CT molecular complexity index is 368. The number of carboxylic acid groups (broad SMARTS) is 1. The van der Waals surface area contributed by atoms with Gasteiger partial charge in [-0.2, -0.15) is 0 Å². The van der Waals surface area contributed by atoms with E-state index in [0.29, 0.717) is 11.5 Å². The van der Waals surface area contributed by atoms with Crippen LogP contribution in [-0.2, 0) is 0 Å². The van der Waals surface area contributed by atoms with Crippen LogP contribution >= 0.6 is 0 Å². The van der Waals surface area contributed by atoms with Crippen molar-refractivity contribution in [2.75, 3.05) is 11.9 Å². The topological polar surface area (TPSA) is 69.6 Å². The van der Waals surface area contributed by atoms with Crippen LogP contribution in [0.1, 0.15) is 23.2 Å². The van der Waals surface area contributed by atoms with Crippen molar-refractivity contribution >= 4 is 11.7 Å². The highest BCUT2D eigenvalue weighted by Gasteiger charge is 2.26. The molecular weight excluding hydrogens is 206 g/mol. The van der Waals surface area contributed by atoms with Gasteiger partial charge in [0.05, 0.1) is 11.7 Å². The van der Waals surface area contributed by atoms with Crippen molar-refractivity contribution in [1.82, 2.24) is 0 Å². The van der Waals surface area contributed by atoms with E-state index in [-0.39, 0.29) is 6.10 Å². The minimum Gasteiger partial charge on any atom is -0.478 e. The zero-order valence-corrected chi connectivity index (χ0v) is 8.89. The Kier molecular flexibility index (Phi) is 3.10. The first-order valence-electron chi connectivity index (χ1n) is 5.40. The molecule has 0 atom stereocenters. The number of benzene rings is 1. The Morgan fingerprint density at radius 1 is 1.31 bits per heavy atom. The molecule has 1 aromatic carbocycles. The van der Waals surface area contributed by atoms with Crippen molar-refractivity contribution in [3.05, 3.63) is 29.8 Å². The number of hydrogen-bond donors (Lipinski definition) is 3. The van der Waals surface area contributed by atoms with Crippen LogP contribution in [0.3, 0.4) is 0 Å². The van der Waals surface area contributed by atoms with Crippen LogP contribution in [0.25, 0.3) is 0 Å². The number of aliphatic hydroxyl groups excluding tert-OH is 1. The molecule has 1 aliphatic carbocycles. The van der Waals surface area contributed by atoms with Gasteiger partial charge in [-0.3, -0.25) is 0 Å². The number of rotatable bonds is 4. The van der Waals surface area contributed by atoms with E-state index in [9.17, 15) is 4.79 Å². The molecule has 0 heterocycles. The van der Waals surface area contributed by atoms with E-state index in [1.165, 1.54) is 0 Å². The fourth-order valence-electron chi connectivity index (χ4n) is 1.86. The second-order valence-electron chi connectivity index (χ2n) is 4.25. The van der Waals surface area contributed by atoms with Gasteiger partial charge < -0.3 is 15.5 Å². The lowest BCUT2D eigenvalue weighted by Crippen LogP contribution is -2.33. The maximum absolute atomic E-state index is 10.6. The Morgan fingerprint density at radius 2 is 1.94 bits per heavy atom. The smallest absolute Gasteiger partial charge is 0.335 e. The summed E-state index contributed by atoms with van der Waals surface area (Å²) in [7, 11) is 0. The number of anilines is 1. The molecule has 4 nitrogen and oxygen atoms in total. The number of carbonyl (C=O) groups is 1. The second kappa shape index (κ2) is 4.53. The van der Waals surface area contributed by atoms with E-state index in [0.717, 1.165) is 25.1 Å². The lowest BCUT2D eigenvalue weighted by Gasteiger charge is -2.31. The lowest BCUT2D eigenvalue weighted by molar-refractivity contribution is 0.0486. The molecule has 0 spiro atoms. The summed E-state index contributed by atoms with van der Waals surface area (Å²) < 4.78 is 0. The molecule has 1 aromatic rings. The molecular formula is C12H15NO3. The molecule has 3 N–H and O–H groups in total. The zero-order chi connectivity index (χ0) is 11.5. The summed E-state index contributed by atoms with van der Waals surface area (Å²) in [4.78, 5) is 10.6. The number of aromatic carboxylic acids is 1. The number of hydrogen-bond acceptors (Lipinski definition) is 3.